The van der Waals surface area contributed by atoms with Crippen LogP contribution in [0.15, 0.2) is 18.2 Å². The number of halogens is 2. The van der Waals surface area contributed by atoms with E-state index in [1.165, 1.54) is 0 Å². The van der Waals surface area contributed by atoms with Gasteiger partial charge in [0, 0.05) is 33.7 Å². The van der Waals surface area contributed by atoms with Crippen LogP contribution in [0.4, 0.5) is 0 Å². The normalized spacial score (nSPS) is 14.0. The van der Waals surface area contributed by atoms with E-state index in [1.54, 1.807) is 18.2 Å². The average Bonchev–Trinajstić information content (AvgIpc) is 2.17. The van der Waals surface area contributed by atoms with Gasteiger partial charge in [0.25, 0.3) is 0 Å². The molecule has 0 unspecified atom stereocenters. The highest BCUT2D eigenvalue weighted by Crippen LogP contribution is 2.38. The summed E-state index contributed by atoms with van der Waals surface area (Å²) in [5, 5.41) is 10.3. The highest BCUT2D eigenvalue weighted by Gasteiger charge is 2.29. The van der Waals surface area contributed by atoms with Crippen LogP contribution < -0.4 is 5.73 Å². The number of benzene rings is 1. The summed E-state index contributed by atoms with van der Waals surface area (Å²) in [6, 6.07) is 4.88. The Kier molecular flexibility index (Phi) is 4.01. The minimum Gasteiger partial charge on any atom is -0.396 e. The smallest absolute Gasteiger partial charge is 0.0500 e. The molecule has 0 fully saturated rings. The Morgan fingerprint density at radius 3 is 2.20 bits per heavy atom. The van der Waals surface area contributed by atoms with Crippen LogP contribution in [0, 0.1) is 5.41 Å². The van der Waals surface area contributed by atoms with Gasteiger partial charge in [0.1, 0.15) is 0 Å². The standard InChI is InChI=1S/C11H15Cl2NO/c1-11(2,6-15)10(14)9-7(12)4-3-5-8(9)13/h3-5,10,15H,6,14H2,1-2H3/t10-/m1/s1. The van der Waals surface area contributed by atoms with Crippen LogP contribution in [-0.2, 0) is 0 Å². The van der Waals surface area contributed by atoms with Crippen molar-refractivity contribution in [1.82, 2.24) is 0 Å². The SMILES string of the molecule is CC(C)(CO)[C@H](N)c1c(Cl)cccc1Cl. The van der Waals surface area contributed by atoms with Crippen molar-refractivity contribution in [3.05, 3.63) is 33.8 Å². The van der Waals surface area contributed by atoms with Crippen molar-refractivity contribution in [3.8, 4) is 0 Å². The van der Waals surface area contributed by atoms with Gasteiger partial charge in [-0.05, 0) is 12.1 Å². The number of aliphatic hydroxyl groups is 1. The number of hydrogen-bond acceptors (Lipinski definition) is 2. The summed E-state index contributed by atoms with van der Waals surface area (Å²) in [6.45, 7) is 3.73. The fourth-order valence-electron chi connectivity index (χ4n) is 1.30. The summed E-state index contributed by atoms with van der Waals surface area (Å²) in [4.78, 5) is 0. The molecule has 0 saturated heterocycles. The molecular formula is C11H15Cl2NO. The molecule has 1 rings (SSSR count). The van der Waals surface area contributed by atoms with Gasteiger partial charge in [-0.15, -0.1) is 0 Å². The lowest BCUT2D eigenvalue weighted by Gasteiger charge is -2.30. The summed E-state index contributed by atoms with van der Waals surface area (Å²) < 4.78 is 0. The van der Waals surface area contributed by atoms with Crippen molar-refractivity contribution < 1.29 is 5.11 Å². The maximum Gasteiger partial charge on any atom is 0.0500 e. The molecule has 0 amide bonds. The predicted octanol–water partition coefficient (Wildman–Crippen LogP) is 3.01. The summed E-state index contributed by atoms with van der Waals surface area (Å²) in [5.74, 6) is 0. The Bertz CT molecular complexity index is 332. The Labute approximate surface area is 100.0 Å². The molecule has 2 nitrogen and oxygen atoms in total. The third-order valence-corrected chi connectivity index (χ3v) is 3.22. The molecule has 1 aromatic rings. The Hall–Kier alpha value is -0.280. The summed E-state index contributed by atoms with van der Waals surface area (Å²) in [6.07, 6.45) is 0. The highest BCUT2D eigenvalue weighted by atomic mass is 35.5. The van der Waals surface area contributed by atoms with Gasteiger partial charge in [0.2, 0.25) is 0 Å². The zero-order valence-corrected chi connectivity index (χ0v) is 10.3. The molecule has 0 radical (unpaired) electrons. The van der Waals surface area contributed by atoms with E-state index in [1.807, 2.05) is 13.8 Å². The van der Waals surface area contributed by atoms with E-state index in [4.69, 9.17) is 28.9 Å². The van der Waals surface area contributed by atoms with Gasteiger partial charge < -0.3 is 10.8 Å². The first-order chi connectivity index (χ1) is 6.90. The molecule has 0 aliphatic heterocycles. The number of hydrogen-bond donors (Lipinski definition) is 2. The third kappa shape index (κ3) is 2.64. The monoisotopic (exact) mass is 247 g/mol. The van der Waals surface area contributed by atoms with Crippen LogP contribution in [0.5, 0.6) is 0 Å². The van der Waals surface area contributed by atoms with E-state index in [-0.39, 0.29) is 12.6 Å². The zero-order valence-electron chi connectivity index (χ0n) is 8.80. The molecule has 84 valence electrons. The zero-order chi connectivity index (χ0) is 11.6. The van der Waals surface area contributed by atoms with Crippen molar-refractivity contribution in [2.45, 2.75) is 19.9 Å². The first-order valence-electron chi connectivity index (χ1n) is 4.70. The molecule has 0 aliphatic rings. The van der Waals surface area contributed by atoms with Gasteiger partial charge in [-0.1, -0.05) is 43.1 Å². The average molecular weight is 248 g/mol. The fraction of sp³-hybridized carbons (Fsp3) is 0.455. The molecule has 1 atom stereocenters. The Morgan fingerprint density at radius 1 is 1.33 bits per heavy atom. The van der Waals surface area contributed by atoms with Crippen LogP contribution in [-0.4, -0.2) is 11.7 Å². The lowest BCUT2D eigenvalue weighted by molar-refractivity contribution is 0.132. The van der Waals surface area contributed by atoms with Gasteiger partial charge in [-0.2, -0.15) is 0 Å². The van der Waals surface area contributed by atoms with Crippen molar-refractivity contribution in [2.75, 3.05) is 6.61 Å². The molecule has 0 spiro atoms. The lowest BCUT2D eigenvalue weighted by atomic mass is 9.82. The molecule has 0 heterocycles. The molecule has 4 heteroatoms. The minimum absolute atomic E-state index is 0.0181. The van der Waals surface area contributed by atoms with Crippen molar-refractivity contribution in [3.63, 3.8) is 0 Å². The van der Waals surface area contributed by atoms with Crippen molar-refractivity contribution in [2.24, 2.45) is 11.1 Å². The molecule has 0 saturated carbocycles. The van der Waals surface area contributed by atoms with E-state index in [9.17, 15) is 5.11 Å². The van der Waals surface area contributed by atoms with Crippen LogP contribution in [0.25, 0.3) is 0 Å². The van der Waals surface area contributed by atoms with E-state index >= 15 is 0 Å². The maximum absolute atomic E-state index is 9.24. The van der Waals surface area contributed by atoms with Crippen LogP contribution >= 0.6 is 23.2 Å². The van der Waals surface area contributed by atoms with E-state index in [0.717, 1.165) is 0 Å². The van der Waals surface area contributed by atoms with E-state index in [2.05, 4.69) is 0 Å². The fourth-order valence-corrected chi connectivity index (χ4v) is 1.93. The van der Waals surface area contributed by atoms with E-state index in [0.29, 0.717) is 15.6 Å². The molecule has 0 aromatic heterocycles. The van der Waals surface area contributed by atoms with Crippen LogP contribution in [0.2, 0.25) is 10.0 Å². The van der Waals surface area contributed by atoms with E-state index < -0.39 is 5.41 Å². The Balaban J connectivity index is 3.16. The molecule has 0 aliphatic carbocycles. The molecule has 3 N–H and O–H groups in total. The molecule has 0 bridgehead atoms. The molecular weight excluding hydrogens is 233 g/mol. The number of nitrogens with two attached hydrogens (primary N) is 1. The second-order valence-corrected chi connectivity index (χ2v) is 5.07. The van der Waals surface area contributed by atoms with Gasteiger partial charge >= 0.3 is 0 Å². The van der Waals surface area contributed by atoms with Crippen molar-refractivity contribution in [1.29, 1.82) is 0 Å². The second kappa shape index (κ2) is 4.71. The predicted molar refractivity (Wildman–Crippen MR) is 64.3 cm³/mol. The summed E-state index contributed by atoms with van der Waals surface area (Å²) >= 11 is 12.1. The topological polar surface area (TPSA) is 46.2 Å². The Morgan fingerprint density at radius 2 is 1.80 bits per heavy atom. The van der Waals surface area contributed by atoms with Crippen molar-refractivity contribution >= 4 is 23.2 Å². The van der Waals surface area contributed by atoms with Gasteiger partial charge in [0.05, 0.1) is 0 Å². The van der Waals surface area contributed by atoms with Gasteiger partial charge in [0.15, 0.2) is 0 Å². The van der Waals surface area contributed by atoms with Crippen LogP contribution in [0.3, 0.4) is 0 Å². The summed E-state index contributed by atoms with van der Waals surface area (Å²) in [5.41, 5.74) is 6.30. The number of aliphatic hydroxyl groups excluding tert-OH is 1. The minimum atomic E-state index is -0.450. The van der Waals surface area contributed by atoms with Crippen LogP contribution in [0.1, 0.15) is 25.5 Å². The largest absolute Gasteiger partial charge is 0.396 e. The highest BCUT2D eigenvalue weighted by molar-refractivity contribution is 6.36. The third-order valence-electron chi connectivity index (χ3n) is 2.56. The van der Waals surface area contributed by atoms with Gasteiger partial charge in [-0.3, -0.25) is 0 Å². The lowest BCUT2D eigenvalue weighted by Crippen LogP contribution is -2.32. The first kappa shape index (κ1) is 12.8. The molecule has 15 heavy (non-hydrogen) atoms. The number of rotatable bonds is 3. The first-order valence-corrected chi connectivity index (χ1v) is 5.46. The summed E-state index contributed by atoms with van der Waals surface area (Å²) in [7, 11) is 0. The van der Waals surface area contributed by atoms with Gasteiger partial charge in [-0.25, -0.2) is 0 Å². The molecule has 1 aromatic carbocycles. The maximum atomic E-state index is 9.24. The quantitative estimate of drug-likeness (QED) is 0.863. The second-order valence-electron chi connectivity index (χ2n) is 4.26.